The Morgan fingerprint density at radius 1 is 1.15 bits per heavy atom. The van der Waals surface area contributed by atoms with Gasteiger partial charge in [-0.25, -0.2) is 17.8 Å². The lowest BCUT2D eigenvalue weighted by Gasteiger charge is -2.16. The summed E-state index contributed by atoms with van der Waals surface area (Å²) in [4.78, 5) is 22.5. The fraction of sp³-hybridized carbons (Fsp3) is 0.208. The third-order valence-corrected chi connectivity index (χ3v) is 7.29. The van der Waals surface area contributed by atoms with E-state index in [0.29, 0.717) is 17.9 Å². The molecule has 174 valence electrons. The van der Waals surface area contributed by atoms with E-state index in [1.165, 1.54) is 18.2 Å². The number of hydrogen-bond acceptors (Lipinski definition) is 7. The Balaban J connectivity index is 1.39. The molecule has 1 saturated carbocycles. The molecule has 3 aromatic rings. The maximum atomic E-state index is 14.5. The fourth-order valence-electron chi connectivity index (χ4n) is 4.21. The monoisotopic (exact) mass is 479 g/mol. The quantitative estimate of drug-likeness (QED) is 0.514. The third-order valence-electron chi connectivity index (χ3n) is 6.16. The summed E-state index contributed by atoms with van der Waals surface area (Å²) in [5, 5.41) is 5.91. The number of nitrogens with zero attached hydrogens (tertiary/aromatic N) is 3. The van der Waals surface area contributed by atoms with Crippen molar-refractivity contribution in [2.75, 3.05) is 28.3 Å². The molecule has 0 unspecified atom stereocenters. The highest BCUT2D eigenvalue weighted by Gasteiger charge is 2.52. The van der Waals surface area contributed by atoms with E-state index >= 15 is 0 Å². The molecule has 2 aromatic carbocycles. The van der Waals surface area contributed by atoms with Crippen molar-refractivity contribution in [3.63, 3.8) is 0 Å². The molecule has 2 heterocycles. The third kappa shape index (κ3) is 4.01. The van der Waals surface area contributed by atoms with Gasteiger partial charge in [-0.1, -0.05) is 12.6 Å². The van der Waals surface area contributed by atoms with Gasteiger partial charge in [0.05, 0.1) is 11.1 Å². The van der Waals surface area contributed by atoms with E-state index in [9.17, 15) is 17.6 Å². The zero-order valence-corrected chi connectivity index (χ0v) is 19.2. The smallest absolute Gasteiger partial charge is 0.250 e. The van der Waals surface area contributed by atoms with Crippen molar-refractivity contribution in [2.45, 2.75) is 23.2 Å². The van der Waals surface area contributed by atoms with Gasteiger partial charge in [-0.2, -0.15) is 4.98 Å². The number of nitrogens with one attached hydrogen (secondary N) is 2. The summed E-state index contributed by atoms with van der Waals surface area (Å²) in [7, 11) is -3.31. The summed E-state index contributed by atoms with van der Waals surface area (Å²) in [5.74, 6) is -0.705. The Morgan fingerprint density at radius 2 is 1.85 bits per heavy atom. The van der Waals surface area contributed by atoms with E-state index in [4.69, 9.17) is 0 Å². The average Bonchev–Trinajstić information content (AvgIpc) is 3.52. The van der Waals surface area contributed by atoms with Gasteiger partial charge in [0.2, 0.25) is 11.9 Å². The molecule has 0 bridgehead atoms. The highest BCUT2D eigenvalue weighted by atomic mass is 32.2. The first-order valence-corrected chi connectivity index (χ1v) is 12.5. The van der Waals surface area contributed by atoms with Gasteiger partial charge in [0.15, 0.2) is 21.5 Å². The van der Waals surface area contributed by atoms with Gasteiger partial charge in [-0.15, -0.1) is 0 Å². The van der Waals surface area contributed by atoms with E-state index in [1.54, 1.807) is 17.0 Å². The van der Waals surface area contributed by atoms with Crippen LogP contribution in [0.5, 0.6) is 0 Å². The van der Waals surface area contributed by atoms with Crippen LogP contribution in [0.1, 0.15) is 18.4 Å². The molecule has 1 aliphatic heterocycles. The number of benzene rings is 2. The second-order valence-corrected chi connectivity index (χ2v) is 10.6. The second kappa shape index (κ2) is 7.91. The number of anilines is 5. The van der Waals surface area contributed by atoms with E-state index in [2.05, 4.69) is 27.2 Å². The van der Waals surface area contributed by atoms with Crippen molar-refractivity contribution in [1.29, 1.82) is 0 Å². The SMILES string of the molecule is C=CC(=O)N1CC2(CC2)c2ccc(Nc3nc(Nc4ccc(S(C)(=O)=O)cc4)ncc3F)cc21. The molecule has 34 heavy (non-hydrogen) atoms. The molecule has 10 heteroatoms. The number of fused-ring (bicyclic) bond motifs is 2. The summed E-state index contributed by atoms with van der Waals surface area (Å²) < 4.78 is 37.7. The van der Waals surface area contributed by atoms with Gasteiger partial charge >= 0.3 is 0 Å². The second-order valence-electron chi connectivity index (χ2n) is 8.58. The number of aromatic nitrogens is 2. The van der Waals surface area contributed by atoms with E-state index < -0.39 is 15.7 Å². The number of rotatable bonds is 6. The van der Waals surface area contributed by atoms with Crippen LogP contribution in [0, 0.1) is 5.82 Å². The van der Waals surface area contributed by atoms with Crippen LogP contribution in [0.4, 0.5) is 33.2 Å². The molecule has 0 atom stereocenters. The molecule has 1 fully saturated rings. The molecule has 1 aliphatic carbocycles. The number of halogens is 1. The molecule has 1 spiro atoms. The molecule has 2 N–H and O–H groups in total. The van der Waals surface area contributed by atoms with E-state index in [0.717, 1.165) is 36.5 Å². The van der Waals surface area contributed by atoms with Gasteiger partial charge in [-0.3, -0.25) is 4.79 Å². The van der Waals surface area contributed by atoms with Gasteiger partial charge < -0.3 is 15.5 Å². The zero-order valence-electron chi connectivity index (χ0n) is 18.4. The Bertz CT molecular complexity index is 1420. The summed E-state index contributed by atoms with van der Waals surface area (Å²) in [6.45, 7) is 4.23. The normalized spacial score (nSPS) is 15.6. The lowest BCUT2D eigenvalue weighted by Crippen LogP contribution is -2.29. The molecular formula is C24H22FN5O3S. The Labute approximate surface area is 196 Å². The van der Waals surface area contributed by atoms with Crippen LogP contribution in [-0.2, 0) is 20.0 Å². The van der Waals surface area contributed by atoms with Crippen molar-refractivity contribution in [2.24, 2.45) is 0 Å². The predicted octanol–water partition coefficient (Wildman–Crippen LogP) is 4.07. The standard InChI is InChI=1S/C24H22FN5O3S/c1-3-21(31)30-14-24(10-11-24)18-9-6-16(12-20(18)30)27-22-19(25)13-26-23(29-22)28-15-4-7-17(8-5-15)34(2,32)33/h3-9,12-13H,1,10-11,14H2,2H3,(H2,26,27,28,29). The number of hydrogen-bond donors (Lipinski definition) is 2. The van der Waals surface area contributed by atoms with Gasteiger partial charge in [-0.05, 0) is 60.9 Å². The lowest BCUT2D eigenvalue weighted by atomic mass is 9.98. The highest BCUT2D eigenvalue weighted by Crippen LogP contribution is 2.57. The summed E-state index contributed by atoms with van der Waals surface area (Å²) in [6.07, 6.45) is 5.55. The molecule has 0 saturated heterocycles. The van der Waals surface area contributed by atoms with Crippen LogP contribution < -0.4 is 15.5 Å². The molecule has 8 nitrogen and oxygen atoms in total. The summed E-state index contributed by atoms with van der Waals surface area (Å²) >= 11 is 0. The van der Waals surface area contributed by atoms with Crippen molar-refractivity contribution in [1.82, 2.24) is 9.97 Å². The topological polar surface area (TPSA) is 104 Å². The number of sulfone groups is 1. The van der Waals surface area contributed by atoms with Gasteiger partial charge in [0, 0.05) is 35.3 Å². The number of carbonyl (C=O) groups excluding carboxylic acids is 1. The molecule has 2 aliphatic rings. The number of amides is 1. The largest absolute Gasteiger partial charge is 0.338 e. The van der Waals surface area contributed by atoms with Crippen LogP contribution in [0.15, 0.2) is 66.2 Å². The fourth-order valence-corrected chi connectivity index (χ4v) is 4.84. The molecule has 0 radical (unpaired) electrons. The first kappa shape index (κ1) is 22.0. The summed E-state index contributed by atoms with van der Waals surface area (Å²) in [5.41, 5.74) is 3.08. The minimum atomic E-state index is -3.31. The average molecular weight is 480 g/mol. The molecular weight excluding hydrogens is 457 g/mol. The summed E-state index contributed by atoms with van der Waals surface area (Å²) in [6, 6.07) is 11.7. The minimum Gasteiger partial charge on any atom is -0.338 e. The van der Waals surface area contributed by atoms with Crippen LogP contribution in [0.2, 0.25) is 0 Å². The van der Waals surface area contributed by atoms with Crippen LogP contribution >= 0.6 is 0 Å². The zero-order chi connectivity index (χ0) is 24.1. The first-order valence-electron chi connectivity index (χ1n) is 10.6. The van der Waals surface area contributed by atoms with Crippen LogP contribution in [-0.4, -0.2) is 37.1 Å². The first-order chi connectivity index (χ1) is 16.2. The number of carbonyl (C=O) groups is 1. The maximum absolute atomic E-state index is 14.5. The molecule has 5 rings (SSSR count). The van der Waals surface area contributed by atoms with Crippen molar-refractivity contribution in [3.05, 3.63) is 72.7 Å². The lowest BCUT2D eigenvalue weighted by molar-refractivity contribution is -0.114. The van der Waals surface area contributed by atoms with Crippen LogP contribution in [0.25, 0.3) is 0 Å². The van der Waals surface area contributed by atoms with Crippen molar-refractivity contribution in [3.8, 4) is 0 Å². The Morgan fingerprint density at radius 3 is 2.50 bits per heavy atom. The molecule has 1 aromatic heterocycles. The minimum absolute atomic E-state index is 0.0243. The van der Waals surface area contributed by atoms with Gasteiger partial charge in [0.1, 0.15) is 0 Å². The highest BCUT2D eigenvalue weighted by molar-refractivity contribution is 7.90. The predicted molar refractivity (Wildman–Crippen MR) is 128 cm³/mol. The van der Waals surface area contributed by atoms with Crippen molar-refractivity contribution < 1.29 is 17.6 Å². The van der Waals surface area contributed by atoms with Gasteiger partial charge in [0.25, 0.3) is 0 Å². The van der Waals surface area contributed by atoms with Crippen LogP contribution in [0.3, 0.4) is 0 Å². The molecule has 1 amide bonds. The Kier molecular flexibility index (Phi) is 5.12. The van der Waals surface area contributed by atoms with Crippen molar-refractivity contribution >= 4 is 44.6 Å². The maximum Gasteiger partial charge on any atom is 0.250 e. The van der Waals surface area contributed by atoms with E-state index in [1.807, 2.05) is 18.2 Å². The van der Waals surface area contributed by atoms with E-state index in [-0.39, 0.29) is 28.0 Å². The Hall–Kier alpha value is -3.79.